The summed E-state index contributed by atoms with van der Waals surface area (Å²) < 4.78 is 5.61. The smallest absolute Gasteiger partial charge is 0.354 e. The third-order valence-corrected chi connectivity index (χ3v) is 2.72. The number of carbonyl (C=O) groups is 1. The lowest BCUT2D eigenvalue weighted by Gasteiger charge is -2.07. The lowest BCUT2D eigenvalue weighted by Crippen LogP contribution is -2.05. The van der Waals surface area contributed by atoms with Gasteiger partial charge in [0, 0.05) is 0 Å². The van der Waals surface area contributed by atoms with E-state index in [4.69, 9.17) is 9.84 Å². The Kier molecular flexibility index (Phi) is 4.13. The van der Waals surface area contributed by atoms with Gasteiger partial charge in [-0.1, -0.05) is 25.1 Å². The molecule has 19 heavy (non-hydrogen) atoms. The van der Waals surface area contributed by atoms with E-state index in [9.17, 15) is 4.79 Å². The minimum Gasteiger partial charge on any atom is -0.487 e. The summed E-state index contributed by atoms with van der Waals surface area (Å²) in [7, 11) is 0. The van der Waals surface area contributed by atoms with Crippen LogP contribution in [0.5, 0.6) is 5.75 Å². The summed E-state index contributed by atoms with van der Waals surface area (Å²) in [5, 5.41) is 8.86. The molecule has 0 aliphatic carbocycles. The Hall–Kier alpha value is -2.36. The van der Waals surface area contributed by atoms with E-state index >= 15 is 0 Å². The van der Waals surface area contributed by atoms with Crippen molar-refractivity contribution < 1.29 is 14.6 Å². The number of aryl methyl sites for hydroxylation is 1. The van der Waals surface area contributed by atoms with Crippen molar-refractivity contribution in [1.29, 1.82) is 0 Å². The number of carboxylic acid groups (broad SMARTS) is 1. The van der Waals surface area contributed by atoms with Gasteiger partial charge in [0.05, 0.1) is 5.69 Å². The summed E-state index contributed by atoms with van der Waals surface area (Å²) in [4.78, 5) is 14.8. The molecule has 0 aliphatic rings. The van der Waals surface area contributed by atoms with Crippen LogP contribution < -0.4 is 4.74 Å². The van der Waals surface area contributed by atoms with Crippen LogP contribution in [-0.4, -0.2) is 16.1 Å². The zero-order valence-corrected chi connectivity index (χ0v) is 10.7. The van der Waals surface area contributed by atoms with Crippen molar-refractivity contribution in [2.45, 2.75) is 20.0 Å². The van der Waals surface area contributed by atoms with E-state index in [1.54, 1.807) is 12.1 Å². The van der Waals surface area contributed by atoms with E-state index in [1.165, 1.54) is 11.6 Å². The maximum Gasteiger partial charge on any atom is 0.354 e. The van der Waals surface area contributed by atoms with Crippen LogP contribution in [0.2, 0.25) is 0 Å². The molecule has 2 aromatic rings. The highest BCUT2D eigenvalue weighted by molar-refractivity contribution is 5.85. The van der Waals surface area contributed by atoms with Crippen LogP contribution in [-0.2, 0) is 13.0 Å². The van der Waals surface area contributed by atoms with Gasteiger partial charge in [0.2, 0.25) is 0 Å². The molecule has 2 rings (SSSR count). The van der Waals surface area contributed by atoms with E-state index in [0.717, 1.165) is 12.2 Å². The van der Waals surface area contributed by atoms with Gasteiger partial charge in [-0.25, -0.2) is 9.78 Å². The minimum atomic E-state index is -1.03. The van der Waals surface area contributed by atoms with Crippen LogP contribution in [0, 0.1) is 0 Å². The van der Waals surface area contributed by atoms with E-state index < -0.39 is 5.97 Å². The highest BCUT2D eigenvalue weighted by atomic mass is 16.5. The molecule has 98 valence electrons. The van der Waals surface area contributed by atoms with E-state index in [-0.39, 0.29) is 12.3 Å². The molecule has 4 heteroatoms. The highest BCUT2D eigenvalue weighted by Gasteiger charge is 2.05. The second-order valence-electron chi connectivity index (χ2n) is 4.11. The van der Waals surface area contributed by atoms with Crippen LogP contribution in [0.3, 0.4) is 0 Å². The predicted octanol–water partition coefficient (Wildman–Crippen LogP) is 2.92. The van der Waals surface area contributed by atoms with Gasteiger partial charge in [-0.2, -0.15) is 0 Å². The number of nitrogens with zero attached hydrogens (tertiary/aromatic N) is 1. The van der Waals surface area contributed by atoms with Crippen LogP contribution in [0.25, 0.3) is 0 Å². The van der Waals surface area contributed by atoms with E-state index in [0.29, 0.717) is 5.69 Å². The summed E-state index contributed by atoms with van der Waals surface area (Å²) in [6, 6.07) is 12.7. The average molecular weight is 257 g/mol. The normalized spacial score (nSPS) is 10.2. The van der Waals surface area contributed by atoms with Gasteiger partial charge in [-0.05, 0) is 36.2 Å². The topological polar surface area (TPSA) is 59.4 Å². The summed E-state index contributed by atoms with van der Waals surface area (Å²) in [5.74, 6) is -0.267. The molecule has 0 spiro atoms. The molecule has 1 aromatic heterocycles. The number of hydrogen-bond acceptors (Lipinski definition) is 3. The average Bonchev–Trinajstić information content (AvgIpc) is 2.45. The Labute approximate surface area is 111 Å². The van der Waals surface area contributed by atoms with E-state index in [2.05, 4.69) is 11.9 Å². The number of hydrogen-bond donors (Lipinski definition) is 1. The zero-order valence-electron chi connectivity index (χ0n) is 10.7. The van der Waals surface area contributed by atoms with Crippen molar-refractivity contribution in [3.63, 3.8) is 0 Å². The fourth-order valence-corrected chi connectivity index (χ4v) is 1.69. The standard InChI is InChI=1S/C15H15NO3/c1-2-11-5-3-7-13(9-11)19-10-12-6-4-8-14(16-12)15(17)18/h3-9H,2,10H2,1H3,(H,17,18). The summed E-state index contributed by atoms with van der Waals surface area (Å²) in [6.07, 6.45) is 0.948. The predicted molar refractivity (Wildman–Crippen MR) is 71.3 cm³/mol. The first-order chi connectivity index (χ1) is 9.19. The Morgan fingerprint density at radius 2 is 2.05 bits per heavy atom. The molecule has 0 unspecified atom stereocenters. The number of carboxylic acids is 1. The number of aromatic nitrogens is 1. The van der Waals surface area contributed by atoms with Crippen LogP contribution in [0.1, 0.15) is 28.7 Å². The highest BCUT2D eigenvalue weighted by Crippen LogP contribution is 2.15. The Morgan fingerprint density at radius 1 is 1.26 bits per heavy atom. The number of aromatic carboxylic acids is 1. The molecule has 0 saturated heterocycles. The SMILES string of the molecule is CCc1cccc(OCc2cccc(C(=O)O)n2)c1. The van der Waals surface area contributed by atoms with Crippen LogP contribution >= 0.6 is 0 Å². The van der Waals surface area contributed by atoms with Gasteiger partial charge >= 0.3 is 5.97 Å². The number of ether oxygens (including phenoxy) is 1. The lowest BCUT2D eigenvalue weighted by atomic mass is 10.2. The Balaban J connectivity index is 2.05. The van der Waals surface area contributed by atoms with Crippen molar-refractivity contribution >= 4 is 5.97 Å². The van der Waals surface area contributed by atoms with Crippen molar-refractivity contribution in [1.82, 2.24) is 4.98 Å². The molecule has 0 aliphatic heterocycles. The third kappa shape index (κ3) is 3.55. The van der Waals surface area contributed by atoms with Crippen LogP contribution in [0.15, 0.2) is 42.5 Å². The number of pyridine rings is 1. The molecule has 0 radical (unpaired) electrons. The molecule has 0 bridgehead atoms. The minimum absolute atomic E-state index is 0.0309. The van der Waals surface area contributed by atoms with Gasteiger partial charge in [-0.3, -0.25) is 0 Å². The quantitative estimate of drug-likeness (QED) is 0.894. The van der Waals surface area contributed by atoms with Gasteiger partial charge in [0.1, 0.15) is 18.1 Å². The third-order valence-electron chi connectivity index (χ3n) is 2.72. The molecular formula is C15H15NO3. The van der Waals surface area contributed by atoms with Gasteiger partial charge in [0.25, 0.3) is 0 Å². The molecule has 0 fully saturated rings. The molecule has 1 N–H and O–H groups in total. The lowest BCUT2D eigenvalue weighted by molar-refractivity contribution is 0.0690. The van der Waals surface area contributed by atoms with Gasteiger partial charge < -0.3 is 9.84 Å². The summed E-state index contributed by atoms with van der Waals surface area (Å²) >= 11 is 0. The summed E-state index contributed by atoms with van der Waals surface area (Å²) in [6.45, 7) is 2.34. The molecule has 0 saturated carbocycles. The Bertz CT molecular complexity index is 581. The first-order valence-electron chi connectivity index (χ1n) is 6.10. The second kappa shape index (κ2) is 6.00. The molecule has 0 amide bonds. The van der Waals surface area contributed by atoms with Crippen molar-refractivity contribution in [3.8, 4) is 5.75 Å². The molecule has 0 atom stereocenters. The fraction of sp³-hybridized carbons (Fsp3) is 0.200. The molecule has 1 aromatic carbocycles. The number of rotatable bonds is 5. The van der Waals surface area contributed by atoms with Gasteiger partial charge in [0.15, 0.2) is 0 Å². The maximum absolute atomic E-state index is 10.8. The van der Waals surface area contributed by atoms with Crippen molar-refractivity contribution in [2.24, 2.45) is 0 Å². The maximum atomic E-state index is 10.8. The Morgan fingerprint density at radius 3 is 2.79 bits per heavy atom. The molecular weight excluding hydrogens is 242 g/mol. The zero-order chi connectivity index (χ0) is 13.7. The first kappa shape index (κ1) is 13.1. The van der Waals surface area contributed by atoms with Crippen molar-refractivity contribution in [3.05, 3.63) is 59.4 Å². The van der Waals surface area contributed by atoms with Gasteiger partial charge in [-0.15, -0.1) is 0 Å². The largest absolute Gasteiger partial charge is 0.487 e. The summed E-state index contributed by atoms with van der Waals surface area (Å²) in [5.41, 5.74) is 1.83. The molecule has 1 heterocycles. The monoisotopic (exact) mass is 257 g/mol. The molecule has 4 nitrogen and oxygen atoms in total. The van der Waals surface area contributed by atoms with E-state index in [1.807, 2.05) is 24.3 Å². The fourth-order valence-electron chi connectivity index (χ4n) is 1.69. The first-order valence-corrected chi connectivity index (χ1v) is 6.10. The van der Waals surface area contributed by atoms with Crippen molar-refractivity contribution in [2.75, 3.05) is 0 Å². The number of benzene rings is 1. The van der Waals surface area contributed by atoms with Crippen LogP contribution in [0.4, 0.5) is 0 Å². The second-order valence-corrected chi connectivity index (χ2v) is 4.11.